The van der Waals surface area contributed by atoms with Gasteiger partial charge in [-0.2, -0.15) is 0 Å². The highest BCUT2D eigenvalue weighted by Crippen LogP contribution is 2.20. The number of likely N-dealkylation sites (tertiary alicyclic amines) is 1. The summed E-state index contributed by atoms with van der Waals surface area (Å²) in [7, 11) is 0. The van der Waals surface area contributed by atoms with Crippen molar-refractivity contribution >= 4 is 11.9 Å². The average Bonchev–Trinajstić information content (AvgIpc) is 3.42. The molecule has 2 heterocycles. The van der Waals surface area contributed by atoms with Crippen LogP contribution in [0.3, 0.4) is 0 Å². The van der Waals surface area contributed by atoms with Crippen LogP contribution in [0, 0.1) is 0 Å². The van der Waals surface area contributed by atoms with E-state index in [9.17, 15) is 9.59 Å². The number of likely N-dealkylation sites (N-methyl/N-ethyl adjacent to an activating group) is 1. The largest absolute Gasteiger partial charge is 0.466 e. The molecule has 1 unspecified atom stereocenters. The third-order valence-corrected chi connectivity index (χ3v) is 5.51. The van der Waals surface area contributed by atoms with Gasteiger partial charge < -0.3 is 14.2 Å². The van der Waals surface area contributed by atoms with Gasteiger partial charge >= 0.3 is 5.97 Å². The number of esters is 1. The first-order valence-corrected chi connectivity index (χ1v) is 10.5. The maximum atomic E-state index is 13.4. The van der Waals surface area contributed by atoms with Crippen molar-refractivity contribution in [3.63, 3.8) is 0 Å². The lowest BCUT2D eigenvalue weighted by molar-refractivity contribution is -0.143. The normalized spacial score (nSPS) is 16.7. The Hall–Kier alpha value is -2.60. The highest BCUT2D eigenvalue weighted by atomic mass is 16.5. The molecule has 0 bridgehead atoms. The monoisotopic (exact) mass is 397 g/mol. The van der Waals surface area contributed by atoms with Gasteiger partial charge in [0.05, 0.1) is 13.0 Å². The predicted molar refractivity (Wildman–Crippen MR) is 113 cm³/mol. The molecule has 1 amide bonds. The van der Waals surface area contributed by atoms with Crippen molar-refractivity contribution in [2.45, 2.75) is 39.2 Å². The predicted octanol–water partition coefficient (Wildman–Crippen LogP) is 3.36. The van der Waals surface area contributed by atoms with Crippen molar-refractivity contribution in [2.24, 2.45) is 0 Å². The Balaban J connectivity index is 1.77. The van der Waals surface area contributed by atoms with Crippen molar-refractivity contribution in [1.29, 1.82) is 0 Å². The maximum absolute atomic E-state index is 13.4. The molecule has 1 aliphatic heterocycles. The number of hydrogen-bond donors (Lipinski definition) is 0. The third-order valence-electron chi connectivity index (χ3n) is 5.51. The van der Waals surface area contributed by atoms with E-state index >= 15 is 0 Å². The Bertz CT molecular complexity index is 803. The minimum Gasteiger partial charge on any atom is -0.466 e. The van der Waals surface area contributed by atoms with E-state index in [1.165, 1.54) is 0 Å². The van der Waals surface area contributed by atoms with Gasteiger partial charge in [-0.15, -0.1) is 0 Å². The number of carbonyl (C=O) groups is 2. The van der Waals surface area contributed by atoms with E-state index in [0.29, 0.717) is 31.3 Å². The van der Waals surface area contributed by atoms with Gasteiger partial charge in [0.25, 0.3) is 5.91 Å². The molecule has 2 aromatic rings. The molecule has 1 aromatic carbocycles. The van der Waals surface area contributed by atoms with Gasteiger partial charge in [-0.1, -0.05) is 13.0 Å². The lowest BCUT2D eigenvalue weighted by Gasteiger charge is -2.30. The van der Waals surface area contributed by atoms with Gasteiger partial charge in [-0.25, -0.2) is 0 Å². The van der Waals surface area contributed by atoms with Gasteiger partial charge in [-0.05, 0) is 63.2 Å². The molecule has 1 fully saturated rings. The molecule has 29 heavy (non-hydrogen) atoms. The van der Waals surface area contributed by atoms with E-state index in [1.54, 1.807) is 6.92 Å². The molecule has 0 spiro atoms. The first-order valence-electron chi connectivity index (χ1n) is 10.5. The van der Waals surface area contributed by atoms with Crippen LogP contribution in [-0.2, 0) is 9.53 Å². The Morgan fingerprint density at radius 3 is 2.69 bits per heavy atom. The first kappa shape index (κ1) is 21.1. The van der Waals surface area contributed by atoms with E-state index < -0.39 is 0 Å². The van der Waals surface area contributed by atoms with Crippen molar-refractivity contribution < 1.29 is 14.3 Å². The molecular formula is C23H31N3O3. The summed E-state index contributed by atoms with van der Waals surface area (Å²) < 4.78 is 7.05. The van der Waals surface area contributed by atoms with Crippen LogP contribution < -0.4 is 0 Å². The van der Waals surface area contributed by atoms with Crippen LogP contribution >= 0.6 is 0 Å². The number of hydrogen-bond acceptors (Lipinski definition) is 4. The third kappa shape index (κ3) is 5.48. The van der Waals surface area contributed by atoms with Crippen LogP contribution in [0.25, 0.3) is 5.69 Å². The van der Waals surface area contributed by atoms with E-state index in [1.807, 2.05) is 58.3 Å². The number of benzene rings is 1. The summed E-state index contributed by atoms with van der Waals surface area (Å²) in [6.45, 7) is 7.38. The zero-order chi connectivity index (χ0) is 20.6. The summed E-state index contributed by atoms with van der Waals surface area (Å²) in [5, 5.41) is 0. The SMILES string of the molecule is CCOC(=O)CCN(CC1CCCN1CC)C(=O)c1cccc(-n2cccc2)c1. The molecule has 0 aliphatic carbocycles. The second kappa shape index (κ2) is 10.3. The summed E-state index contributed by atoms with van der Waals surface area (Å²) in [6, 6.07) is 11.9. The first-order chi connectivity index (χ1) is 14.1. The summed E-state index contributed by atoms with van der Waals surface area (Å²) in [6.07, 6.45) is 6.37. The second-order valence-electron chi connectivity index (χ2n) is 7.37. The summed E-state index contributed by atoms with van der Waals surface area (Å²) >= 11 is 0. The molecule has 6 heteroatoms. The van der Waals surface area contributed by atoms with Gasteiger partial charge in [0.15, 0.2) is 0 Å². The van der Waals surface area contributed by atoms with Gasteiger partial charge in [0, 0.05) is 42.8 Å². The fourth-order valence-electron chi connectivity index (χ4n) is 4.00. The lowest BCUT2D eigenvalue weighted by Crippen LogP contribution is -2.44. The molecule has 1 saturated heterocycles. The smallest absolute Gasteiger partial charge is 0.307 e. The molecule has 1 aliphatic rings. The summed E-state index contributed by atoms with van der Waals surface area (Å²) in [5.74, 6) is -0.295. The van der Waals surface area contributed by atoms with E-state index in [2.05, 4.69) is 11.8 Å². The number of amides is 1. The van der Waals surface area contributed by atoms with Gasteiger partial charge in [0.1, 0.15) is 0 Å². The Morgan fingerprint density at radius 2 is 1.97 bits per heavy atom. The Kier molecular flexibility index (Phi) is 7.47. The van der Waals surface area contributed by atoms with Crippen LogP contribution in [0.4, 0.5) is 0 Å². The van der Waals surface area contributed by atoms with Crippen LogP contribution in [0.5, 0.6) is 0 Å². The van der Waals surface area contributed by atoms with Crippen molar-refractivity contribution in [3.05, 3.63) is 54.4 Å². The number of rotatable bonds is 9. The number of aromatic nitrogens is 1. The fraction of sp³-hybridized carbons (Fsp3) is 0.478. The quantitative estimate of drug-likeness (QED) is 0.609. The minimum atomic E-state index is -0.259. The van der Waals surface area contributed by atoms with E-state index in [-0.39, 0.29) is 18.3 Å². The number of nitrogens with zero attached hydrogens (tertiary/aromatic N) is 3. The highest BCUT2D eigenvalue weighted by Gasteiger charge is 2.28. The molecule has 0 N–H and O–H groups in total. The Labute approximate surface area is 173 Å². The lowest BCUT2D eigenvalue weighted by atomic mass is 10.1. The van der Waals surface area contributed by atoms with Crippen molar-refractivity contribution in [3.8, 4) is 5.69 Å². The molecule has 6 nitrogen and oxygen atoms in total. The zero-order valence-corrected chi connectivity index (χ0v) is 17.4. The summed E-state index contributed by atoms with van der Waals surface area (Å²) in [5.41, 5.74) is 1.59. The molecule has 0 radical (unpaired) electrons. The van der Waals surface area contributed by atoms with Crippen LogP contribution in [0.2, 0.25) is 0 Å². The standard InChI is InChI=1S/C23H31N3O3/c1-3-24-15-8-11-21(24)18-26(16-12-22(27)29-4-2)23(28)19-9-7-10-20(17-19)25-13-5-6-14-25/h5-7,9-10,13-14,17,21H,3-4,8,11-12,15-16,18H2,1-2H3. The molecular weight excluding hydrogens is 366 g/mol. The molecule has 156 valence electrons. The van der Waals surface area contributed by atoms with Crippen LogP contribution in [0.15, 0.2) is 48.8 Å². The number of ether oxygens (including phenoxy) is 1. The van der Waals surface area contributed by atoms with Crippen LogP contribution in [0.1, 0.15) is 43.5 Å². The zero-order valence-electron chi connectivity index (χ0n) is 17.4. The summed E-state index contributed by atoms with van der Waals surface area (Å²) in [4.78, 5) is 29.5. The maximum Gasteiger partial charge on any atom is 0.307 e. The van der Waals surface area contributed by atoms with Gasteiger partial charge in [0.2, 0.25) is 0 Å². The average molecular weight is 398 g/mol. The highest BCUT2D eigenvalue weighted by molar-refractivity contribution is 5.95. The second-order valence-corrected chi connectivity index (χ2v) is 7.37. The van der Waals surface area contributed by atoms with E-state index in [0.717, 1.165) is 31.6 Å². The molecule has 1 aromatic heterocycles. The van der Waals surface area contributed by atoms with Crippen LogP contribution in [-0.4, -0.2) is 65.1 Å². The van der Waals surface area contributed by atoms with Crippen molar-refractivity contribution in [1.82, 2.24) is 14.4 Å². The van der Waals surface area contributed by atoms with Crippen molar-refractivity contribution in [2.75, 3.05) is 32.8 Å². The Morgan fingerprint density at radius 1 is 1.17 bits per heavy atom. The topological polar surface area (TPSA) is 54.8 Å². The molecule has 0 saturated carbocycles. The van der Waals surface area contributed by atoms with E-state index in [4.69, 9.17) is 4.74 Å². The molecule has 1 atom stereocenters. The minimum absolute atomic E-state index is 0.0359. The number of carbonyl (C=O) groups excluding carboxylic acids is 2. The molecule has 3 rings (SSSR count). The van der Waals surface area contributed by atoms with Gasteiger partial charge in [-0.3, -0.25) is 14.5 Å². The fourth-order valence-corrected chi connectivity index (χ4v) is 4.00.